The number of nitro groups is 1. The number of nitrogens with zero attached hydrogens (tertiary/aromatic N) is 3. The van der Waals surface area contributed by atoms with Crippen LogP contribution in [-0.2, 0) is 0 Å². The third-order valence-corrected chi connectivity index (χ3v) is 2.70. The third-order valence-electron chi connectivity index (χ3n) is 1.98. The number of halogens is 1. The molecule has 0 saturated carbocycles. The summed E-state index contributed by atoms with van der Waals surface area (Å²) in [5, 5.41) is 10.8. The maximum Gasteiger partial charge on any atom is 0.349 e. The summed E-state index contributed by atoms with van der Waals surface area (Å²) in [4.78, 5) is 17.4. The van der Waals surface area contributed by atoms with Gasteiger partial charge in [-0.25, -0.2) is 4.98 Å². The molecule has 2 rings (SSSR count). The Morgan fingerprint density at radius 3 is 2.61 bits per heavy atom. The largest absolute Gasteiger partial charge is 0.434 e. The van der Waals surface area contributed by atoms with Crippen LogP contribution in [0.5, 0.6) is 11.6 Å². The fourth-order valence-corrected chi connectivity index (χ4v) is 1.55. The van der Waals surface area contributed by atoms with Gasteiger partial charge in [-0.1, -0.05) is 0 Å². The molecule has 0 bridgehead atoms. The Bertz CT molecular complexity index is 588. The summed E-state index contributed by atoms with van der Waals surface area (Å²) in [5.74, 6) is 0.187. The van der Waals surface area contributed by atoms with Gasteiger partial charge in [0.1, 0.15) is 11.9 Å². The van der Waals surface area contributed by atoms with E-state index in [0.717, 1.165) is 9.77 Å². The maximum absolute atomic E-state index is 10.8. The molecule has 0 radical (unpaired) electrons. The standard InChI is InChI=1S/C10H7IN4O3/c11-6-1-3-7(4-2-6)18-9-8(15(16)17)5-13-10(12)14-9/h1-5H,(H2,12,13,14). The topological polar surface area (TPSA) is 104 Å². The lowest BCUT2D eigenvalue weighted by Crippen LogP contribution is -2.01. The molecule has 0 unspecified atom stereocenters. The number of hydrogen-bond donors (Lipinski definition) is 1. The summed E-state index contributed by atoms with van der Waals surface area (Å²) in [6.07, 6.45) is 1.02. The molecule has 18 heavy (non-hydrogen) atoms. The first kappa shape index (κ1) is 12.5. The SMILES string of the molecule is Nc1ncc([N+](=O)[O-])c(Oc2ccc(I)cc2)n1. The second-order valence-electron chi connectivity index (χ2n) is 3.23. The molecule has 0 aliphatic rings. The zero-order chi connectivity index (χ0) is 13.1. The van der Waals surface area contributed by atoms with Crippen molar-refractivity contribution in [1.29, 1.82) is 0 Å². The van der Waals surface area contributed by atoms with E-state index < -0.39 is 4.92 Å². The molecule has 0 aliphatic carbocycles. The number of aromatic nitrogens is 2. The summed E-state index contributed by atoms with van der Waals surface area (Å²) in [6.45, 7) is 0. The highest BCUT2D eigenvalue weighted by Gasteiger charge is 2.18. The van der Waals surface area contributed by atoms with Crippen molar-refractivity contribution < 1.29 is 9.66 Å². The fourth-order valence-electron chi connectivity index (χ4n) is 1.19. The number of ether oxygens (including phenoxy) is 1. The molecule has 2 aromatic rings. The molecule has 0 spiro atoms. The minimum Gasteiger partial charge on any atom is -0.434 e. The van der Waals surface area contributed by atoms with Crippen LogP contribution in [0.15, 0.2) is 30.5 Å². The van der Waals surface area contributed by atoms with Gasteiger partial charge in [0, 0.05) is 3.57 Å². The van der Waals surface area contributed by atoms with E-state index in [0.29, 0.717) is 5.75 Å². The van der Waals surface area contributed by atoms with Gasteiger partial charge in [0.15, 0.2) is 0 Å². The van der Waals surface area contributed by atoms with Crippen LogP contribution in [0.4, 0.5) is 11.6 Å². The Hall–Kier alpha value is -1.97. The first-order valence-electron chi connectivity index (χ1n) is 4.76. The van der Waals surface area contributed by atoms with Crippen molar-refractivity contribution in [2.75, 3.05) is 5.73 Å². The summed E-state index contributed by atoms with van der Waals surface area (Å²) in [7, 11) is 0. The molecule has 1 heterocycles. The van der Waals surface area contributed by atoms with E-state index in [-0.39, 0.29) is 17.5 Å². The molecule has 1 aromatic carbocycles. The fraction of sp³-hybridized carbons (Fsp3) is 0. The van der Waals surface area contributed by atoms with Crippen LogP contribution >= 0.6 is 22.6 Å². The van der Waals surface area contributed by atoms with Gasteiger partial charge >= 0.3 is 11.6 Å². The van der Waals surface area contributed by atoms with Crippen LogP contribution in [0.1, 0.15) is 0 Å². The number of nitrogens with two attached hydrogens (primary N) is 1. The Morgan fingerprint density at radius 2 is 2.00 bits per heavy atom. The van der Waals surface area contributed by atoms with Gasteiger partial charge in [0.05, 0.1) is 4.92 Å². The molecule has 1 aromatic heterocycles. The minimum atomic E-state index is -0.624. The molecular formula is C10H7IN4O3. The highest BCUT2D eigenvalue weighted by Crippen LogP contribution is 2.29. The molecular weight excluding hydrogens is 351 g/mol. The van der Waals surface area contributed by atoms with Gasteiger partial charge in [0.2, 0.25) is 5.95 Å². The van der Waals surface area contributed by atoms with Gasteiger partial charge < -0.3 is 10.5 Å². The molecule has 0 aliphatic heterocycles. The summed E-state index contributed by atoms with van der Waals surface area (Å²) in [5.41, 5.74) is 5.05. The monoisotopic (exact) mass is 358 g/mol. The Labute approximate surface area is 115 Å². The molecule has 7 nitrogen and oxygen atoms in total. The quantitative estimate of drug-likeness (QED) is 0.513. The molecule has 0 atom stereocenters. The summed E-state index contributed by atoms with van der Waals surface area (Å²) < 4.78 is 6.36. The Balaban J connectivity index is 2.35. The van der Waals surface area contributed by atoms with Gasteiger partial charge in [-0.15, -0.1) is 0 Å². The smallest absolute Gasteiger partial charge is 0.349 e. The van der Waals surface area contributed by atoms with Crippen molar-refractivity contribution in [1.82, 2.24) is 9.97 Å². The Kier molecular flexibility index (Phi) is 3.55. The molecule has 2 N–H and O–H groups in total. The molecule has 0 saturated heterocycles. The molecule has 0 amide bonds. The molecule has 8 heteroatoms. The zero-order valence-corrected chi connectivity index (χ0v) is 11.1. The van der Waals surface area contributed by atoms with Crippen LogP contribution in [0, 0.1) is 13.7 Å². The average Bonchev–Trinajstić information content (AvgIpc) is 2.32. The van der Waals surface area contributed by atoms with Gasteiger partial charge in [-0.3, -0.25) is 10.1 Å². The lowest BCUT2D eigenvalue weighted by molar-refractivity contribution is -0.386. The number of nitrogen functional groups attached to an aromatic ring is 1. The minimum absolute atomic E-state index is 0.0823. The van der Waals surface area contributed by atoms with Crippen molar-refractivity contribution in [3.8, 4) is 11.6 Å². The molecule has 92 valence electrons. The van der Waals surface area contributed by atoms with Crippen LogP contribution in [-0.4, -0.2) is 14.9 Å². The van der Waals surface area contributed by atoms with Crippen molar-refractivity contribution in [3.05, 3.63) is 44.1 Å². The maximum atomic E-state index is 10.8. The van der Waals surface area contributed by atoms with Gasteiger partial charge in [-0.2, -0.15) is 4.98 Å². The van der Waals surface area contributed by atoms with E-state index >= 15 is 0 Å². The van der Waals surface area contributed by atoms with E-state index in [9.17, 15) is 10.1 Å². The third kappa shape index (κ3) is 2.83. The zero-order valence-electron chi connectivity index (χ0n) is 8.91. The van der Waals surface area contributed by atoms with Crippen LogP contribution < -0.4 is 10.5 Å². The predicted molar refractivity (Wildman–Crippen MR) is 72.3 cm³/mol. The van der Waals surface area contributed by atoms with Crippen LogP contribution in [0.25, 0.3) is 0 Å². The molecule has 0 fully saturated rings. The highest BCUT2D eigenvalue weighted by molar-refractivity contribution is 14.1. The van der Waals surface area contributed by atoms with Crippen molar-refractivity contribution in [3.63, 3.8) is 0 Å². The van der Waals surface area contributed by atoms with Crippen molar-refractivity contribution >= 4 is 34.2 Å². The van der Waals surface area contributed by atoms with E-state index in [1.165, 1.54) is 0 Å². The summed E-state index contributed by atoms with van der Waals surface area (Å²) >= 11 is 2.14. The van der Waals surface area contributed by atoms with Gasteiger partial charge in [-0.05, 0) is 46.9 Å². The van der Waals surface area contributed by atoms with Crippen LogP contribution in [0.3, 0.4) is 0 Å². The van der Waals surface area contributed by atoms with E-state index in [1.54, 1.807) is 12.1 Å². The number of rotatable bonds is 3. The second-order valence-corrected chi connectivity index (χ2v) is 4.48. The number of hydrogen-bond acceptors (Lipinski definition) is 6. The lowest BCUT2D eigenvalue weighted by atomic mass is 10.3. The highest BCUT2D eigenvalue weighted by atomic mass is 127. The van der Waals surface area contributed by atoms with Gasteiger partial charge in [0.25, 0.3) is 0 Å². The second kappa shape index (κ2) is 5.12. The van der Waals surface area contributed by atoms with Crippen molar-refractivity contribution in [2.45, 2.75) is 0 Å². The number of anilines is 1. The lowest BCUT2D eigenvalue weighted by Gasteiger charge is -2.05. The normalized spacial score (nSPS) is 10.1. The first-order chi connectivity index (χ1) is 8.56. The summed E-state index contributed by atoms with van der Waals surface area (Å²) in [6, 6.07) is 6.99. The van der Waals surface area contributed by atoms with Crippen LogP contribution in [0.2, 0.25) is 0 Å². The van der Waals surface area contributed by atoms with E-state index in [4.69, 9.17) is 10.5 Å². The Morgan fingerprint density at radius 1 is 1.33 bits per heavy atom. The van der Waals surface area contributed by atoms with Crippen molar-refractivity contribution in [2.24, 2.45) is 0 Å². The number of benzene rings is 1. The first-order valence-corrected chi connectivity index (χ1v) is 5.84. The van der Waals surface area contributed by atoms with E-state index in [2.05, 4.69) is 32.6 Å². The predicted octanol–water partition coefficient (Wildman–Crippen LogP) is 2.36. The van der Waals surface area contributed by atoms with E-state index in [1.807, 2.05) is 12.1 Å². The average molecular weight is 358 g/mol.